The summed E-state index contributed by atoms with van der Waals surface area (Å²) in [6, 6.07) is 4.12. The molecule has 0 saturated heterocycles. The number of halogens is 2. The van der Waals surface area contributed by atoms with Crippen LogP contribution in [0.1, 0.15) is 26.8 Å². The fraction of sp³-hybridized carbons (Fsp3) is 0.385. The third-order valence-electron chi connectivity index (χ3n) is 2.79. The van der Waals surface area contributed by atoms with E-state index in [1.54, 1.807) is 11.6 Å². The lowest BCUT2D eigenvalue weighted by Crippen LogP contribution is -2.23. The molecule has 0 aliphatic heterocycles. The van der Waals surface area contributed by atoms with Gasteiger partial charge in [0, 0.05) is 5.69 Å². The number of hydrogen-bond donors (Lipinski definition) is 1. The summed E-state index contributed by atoms with van der Waals surface area (Å²) in [5, 5.41) is 14.2. The summed E-state index contributed by atoms with van der Waals surface area (Å²) in [6.45, 7) is 5.64. The molecule has 22 heavy (non-hydrogen) atoms. The summed E-state index contributed by atoms with van der Waals surface area (Å²) >= 11 is 6.93. The SMILES string of the molecule is CC(Sc1nnnn1C(C)C)C(=O)Nc1ccc(F)c(Cl)c1. The molecule has 0 aliphatic rings. The van der Waals surface area contributed by atoms with Gasteiger partial charge in [-0.1, -0.05) is 23.4 Å². The van der Waals surface area contributed by atoms with E-state index in [1.165, 1.54) is 30.0 Å². The van der Waals surface area contributed by atoms with E-state index >= 15 is 0 Å². The molecule has 6 nitrogen and oxygen atoms in total. The zero-order chi connectivity index (χ0) is 16.3. The van der Waals surface area contributed by atoms with Gasteiger partial charge in [-0.05, 0) is 49.4 Å². The average molecular weight is 344 g/mol. The molecule has 1 atom stereocenters. The average Bonchev–Trinajstić information content (AvgIpc) is 2.91. The molecule has 1 heterocycles. The summed E-state index contributed by atoms with van der Waals surface area (Å²) in [7, 11) is 0. The first-order valence-corrected chi connectivity index (χ1v) is 7.84. The summed E-state index contributed by atoms with van der Waals surface area (Å²) in [5.74, 6) is -0.774. The van der Waals surface area contributed by atoms with Crippen molar-refractivity contribution in [2.75, 3.05) is 5.32 Å². The summed E-state index contributed by atoms with van der Waals surface area (Å²) in [4.78, 5) is 12.2. The van der Waals surface area contributed by atoms with Gasteiger partial charge in [0.15, 0.2) is 0 Å². The van der Waals surface area contributed by atoms with Crippen LogP contribution in [0.3, 0.4) is 0 Å². The van der Waals surface area contributed by atoms with Crippen LogP contribution in [-0.4, -0.2) is 31.4 Å². The second-order valence-corrected chi connectivity index (χ2v) is 6.59. The number of anilines is 1. The molecule has 9 heteroatoms. The van der Waals surface area contributed by atoms with E-state index < -0.39 is 11.1 Å². The molecule has 0 radical (unpaired) electrons. The number of carbonyl (C=O) groups excluding carboxylic acids is 1. The fourth-order valence-electron chi connectivity index (χ4n) is 1.62. The van der Waals surface area contributed by atoms with Crippen LogP contribution >= 0.6 is 23.4 Å². The van der Waals surface area contributed by atoms with Crippen molar-refractivity contribution in [3.05, 3.63) is 29.0 Å². The van der Waals surface area contributed by atoms with Gasteiger partial charge in [0.05, 0.1) is 16.3 Å². The summed E-state index contributed by atoms with van der Waals surface area (Å²) < 4.78 is 14.7. The van der Waals surface area contributed by atoms with Crippen molar-refractivity contribution >= 4 is 35.0 Å². The number of benzene rings is 1. The second kappa shape index (κ2) is 7.06. The van der Waals surface area contributed by atoms with E-state index in [9.17, 15) is 9.18 Å². The highest BCUT2D eigenvalue weighted by Gasteiger charge is 2.19. The fourth-order valence-corrected chi connectivity index (χ4v) is 2.72. The summed E-state index contributed by atoms with van der Waals surface area (Å²) in [6.07, 6.45) is 0. The van der Waals surface area contributed by atoms with Gasteiger partial charge in [0.25, 0.3) is 0 Å². The van der Waals surface area contributed by atoms with Crippen LogP contribution in [0.15, 0.2) is 23.4 Å². The lowest BCUT2D eigenvalue weighted by molar-refractivity contribution is -0.115. The Labute approximate surface area is 136 Å². The number of thioether (sulfide) groups is 1. The zero-order valence-electron chi connectivity index (χ0n) is 12.2. The Bertz CT molecular complexity index is 678. The molecule has 0 bridgehead atoms. The van der Waals surface area contributed by atoms with Gasteiger partial charge < -0.3 is 5.32 Å². The van der Waals surface area contributed by atoms with Gasteiger partial charge >= 0.3 is 0 Å². The third kappa shape index (κ3) is 3.95. The number of aromatic nitrogens is 4. The highest BCUT2D eigenvalue weighted by Crippen LogP contribution is 2.24. The molecule has 0 saturated carbocycles. The molecule has 0 aliphatic carbocycles. The molecule has 1 unspecified atom stereocenters. The van der Waals surface area contributed by atoms with Crippen molar-refractivity contribution in [1.82, 2.24) is 20.2 Å². The minimum Gasteiger partial charge on any atom is -0.325 e. The van der Waals surface area contributed by atoms with E-state index in [0.717, 1.165) is 0 Å². The van der Waals surface area contributed by atoms with Gasteiger partial charge in [-0.15, -0.1) is 5.10 Å². The molecule has 118 valence electrons. The normalized spacial score (nSPS) is 12.5. The number of hydrogen-bond acceptors (Lipinski definition) is 5. The Morgan fingerprint density at radius 1 is 1.41 bits per heavy atom. The first kappa shape index (κ1) is 16.7. The van der Waals surface area contributed by atoms with Gasteiger partial charge in [0.1, 0.15) is 5.82 Å². The van der Waals surface area contributed by atoms with E-state index in [0.29, 0.717) is 10.8 Å². The van der Waals surface area contributed by atoms with Crippen molar-refractivity contribution in [3.63, 3.8) is 0 Å². The molecule has 1 N–H and O–H groups in total. The van der Waals surface area contributed by atoms with Crippen LogP contribution in [0.4, 0.5) is 10.1 Å². The highest BCUT2D eigenvalue weighted by atomic mass is 35.5. The number of carbonyl (C=O) groups is 1. The van der Waals surface area contributed by atoms with Crippen LogP contribution in [0.25, 0.3) is 0 Å². The van der Waals surface area contributed by atoms with Gasteiger partial charge in [0.2, 0.25) is 11.1 Å². The standard InChI is InChI=1S/C13H15ClFN5OS/c1-7(2)20-13(17-18-19-20)22-8(3)12(21)16-9-4-5-11(15)10(14)6-9/h4-8H,1-3H3,(H,16,21). The number of rotatable bonds is 5. The molecule has 2 aromatic rings. The third-order valence-corrected chi connectivity index (χ3v) is 4.13. The van der Waals surface area contributed by atoms with Crippen LogP contribution < -0.4 is 5.32 Å². The highest BCUT2D eigenvalue weighted by molar-refractivity contribution is 8.00. The van der Waals surface area contributed by atoms with Crippen molar-refractivity contribution < 1.29 is 9.18 Å². The number of tetrazole rings is 1. The maximum Gasteiger partial charge on any atom is 0.237 e. The Morgan fingerprint density at radius 3 is 2.77 bits per heavy atom. The quantitative estimate of drug-likeness (QED) is 0.844. The molecular formula is C13H15ClFN5OS. The largest absolute Gasteiger partial charge is 0.325 e. The minimum absolute atomic E-state index is 0.0399. The monoisotopic (exact) mass is 343 g/mol. The maximum atomic E-state index is 13.1. The Kier molecular flexibility index (Phi) is 5.36. The van der Waals surface area contributed by atoms with Gasteiger partial charge in [-0.25, -0.2) is 9.07 Å². The van der Waals surface area contributed by atoms with E-state index in [4.69, 9.17) is 11.6 Å². The van der Waals surface area contributed by atoms with E-state index in [2.05, 4.69) is 20.8 Å². The lowest BCUT2D eigenvalue weighted by Gasteiger charge is -2.13. The molecule has 1 aromatic carbocycles. The predicted molar refractivity (Wildman–Crippen MR) is 83.6 cm³/mol. The molecule has 0 fully saturated rings. The topological polar surface area (TPSA) is 72.7 Å². The van der Waals surface area contributed by atoms with Crippen LogP contribution in [-0.2, 0) is 4.79 Å². The van der Waals surface area contributed by atoms with Crippen molar-refractivity contribution in [1.29, 1.82) is 0 Å². The van der Waals surface area contributed by atoms with E-state index in [-0.39, 0.29) is 17.0 Å². The first-order valence-electron chi connectivity index (χ1n) is 6.59. The molecular weight excluding hydrogens is 329 g/mol. The predicted octanol–water partition coefficient (Wildman–Crippen LogP) is 3.17. The van der Waals surface area contributed by atoms with Crippen LogP contribution in [0.2, 0.25) is 5.02 Å². The Morgan fingerprint density at radius 2 is 2.14 bits per heavy atom. The van der Waals surface area contributed by atoms with Crippen LogP contribution in [0, 0.1) is 5.82 Å². The first-order chi connectivity index (χ1) is 10.4. The minimum atomic E-state index is -0.529. The lowest BCUT2D eigenvalue weighted by atomic mass is 10.3. The number of nitrogens with one attached hydrogen (secondary N) is 1. The van der Waals surface area contributed by atoms with E-state index in [1.807, 2.05) is 13.8 Å². The van der Waals surface area contributed by atoms with Crippen molar-refractivity contribution in [2.24, 2.45) is 0 Å². The molecule has 2 rings (SSSR count). The Balaban J connectivity index is 2.02. The molecule has 0 spiro atoms. The van der Waals surface area contributed by atoms with Crippen molar-refractivity contribution in [2.45, 2.75) is 37.2 Å². The number of amides is 1. The van der Waals surface area contributed by atoms with Crippen LogP contribution in [0.5, 0.6) is 0 Å². The second-order valence-electron chi connectivity index (χ2n) is 4.88. The van der Waals surface area contributed by atoms with Crippen molar-refractivity contribution in [3.8, 4) is 0 Å². The maximum absolute atomic E-state index is 13.1. The summed E-state index contributed by atoms with van der Waals surface area (Å²) in [5.41, 5.74) is 0.437. The molecule has 1 aromatic heterocycles. The van der Waals surface area contributed by atoms with Gasteiger partial charge in [-0.3, -0.25) is 4.79 Å². The smallest absolute Gasteiger partial charge is 0.237 e. The zero-order valence-corrected chi connectivity index (χ0v) is 13.8. The Hall–Kier alpha value is -1.67. The number of nitrogens with zero attached hydrogens (tertiary/aromatic N) is 4. The van der Waals surface area contributed by atoms with Gasteiger partial charge in [-0.2, -0.15) is 0 Å². The molecule has 1 amide bonds.